The van der Waals surface area contributed by atoms with Crippen LogP contribution in [0.2, 0.25) is 0 Å². The van der Waals surface area contributed by atoms with Crippen molar-refractivity contribution in [2.24, 2.45) is 10.9 Å². The highest BCUT2D eigenvalue weighted by atomic mass is 127. The largest absolute Gasteiger partial charge is 0.357 e. The summed E-state index contributed by atoms with van der Waals surface area (Å²) < 4.78 is 0. The van der Waals surface area contributed by atoms with Crippen LogP contribution in [0.1, 0.15) is 77.9 Å². The summed E-state index contributed by atoms with van der Waals surface area (Å²) in [6, 6.07) is 0.483. The van der Waals surface area contributed by atoms with Gasteiger partial charge in [0, 0.05) is 48.3 Å². The average Bonchev–Trinajstić information content (AvgIpc) is 3.11. The van der Waals surface area contributed by atoms with Gasteiger partial charge in [-0.1, -0.05) is 27.2 Å². The molecule has 0 aliphatic heterocycles. The first kappa shape index (κ1) is 27.1. The van der Waals surface area contributed by atoms with Crippen LogP contribution in [0.5, 0.6) is 0 Å². The van der Waals surface area contributed by atoms with Gasteiger partial charge in [-0.3, -0.25) is 9.79 Å². The van der Waals surface area contributed by atoms with Crippen molar-refractivity contribution >= 4 is 47.2 Å². The first-order valence-electron chi connectivity index (χ1n) is 11.0. The molecule has 2 rings (SSSR count). The molecule has 1 aromatic heterocycles. The molecule has 1 aliphatic carbocycles. The Morgan fingerprint density at radius 2 is 2.07 bits per heavy atom. The number of halogens is 1. The van der Waals surface area contributed by atoms with E-state index in [1.165, 1.54) is 0 Å². The number of hydrogen-bond acceptors (Lipinski definition) is 4. The van der Waals surface area contributed by atoms with Crippen molar-refractivity contribution in [3.05, 3.63) is 16.1 Å². The fourth-order valence-corrected chi connectivity index (χ4v) is 4.52. The number of hydrogen-bond donors (Lipinski definition) is 3. The zero-order valence-electron chi connectivity index (χ0n) is 19.4. The number of rotatable bonds is 7. The van der Waals surface area contributed by atoms with Gasteiger partial charge >= 0.3 is 0 Å². The van der Waals surface area contributed by atoms with Crippen molar-refractivity contribution < 1.29 is 4.79 Å². The van der Waals surface area contributed by atoms with Crippen LogP contribution in [0.3, 0.4) is 0 Å². The van der Waals surface area contributed by atoms with Gasteiger partial charge in [0.1, 0.15) is 0 Å². The highest BCUT2D eigenvalue weighted by Crippen LogP contribution is 2.25. The second-order valence-corrected chi connectivity index (χ2v) is 10.2. The lowest BCUT2D eigenvalue weighted by Gasteiger charge is -2.30. The maximum Gasteiger partial charge on any atom is 0.223 e. The van der Waals surface area contributed by atoms with Gasteiger partial charge in [0.15, 0.2) is 5.96 Å². The van der Waals surface area contributed by atoms with E-state index in [1.807, 2.05) is 13.8 Å². The topological polar surface area (TPSA) is 78.4 Å². The van der Waals surface area contributed by atoms with Crippen LogP contribution in [-0.2, 0) is 16.6 Å². The molecule has 0 spiro atoms. The van der Waals surface area contributed by atoms with E-state index in [0.29, 0.717) is 6.54 Å². The van der Waals surface area contributed by atoms with Crippen LogP contribution in [0.15, 0.2) is 10.4 Å². The van der Waals surface area contributed by atoms with Crippen LogP contribution in [0.4, 0.5) is 0 Å². The normalized spacial score (nSPS) is 19.9. The standard InChI is InChI=1S/C22H39N5OS.HI/c1-7-23-21(24-12-11-19-27-18(14-29-19)22(4,5)6)26-17-10-8-9-16(13-17)20(28)25-15(2)3;/h14-17H,7-13H2,1-6H3,(H,25,28)(H2,23,24,26);1H. The lowest BCUT2D eigenvalue weighted by atomic mass is 9.85. The smallest absolute Gasteiger partial charge is 0.223 e. The molecule has 3 N–H and O–H groups in total. The lowest BCUT2D eigenvalue weighted by molar-refractivity contribution is -0.126. The van der Waals surface area contributed by atoms with Crippen molar-refractivity contribution in [2.45, 2.75) is 91.1 Å². The van der Waals surface area contributed by atoms with E-state index in [2.05, 4.69) is 49.0 Å². The second kappa shape index (κ2) is 12.8. The summed E-state index contributed by atoms with van der Waals surface area (Å²) in [5.74, 6) is 1.12. The predicted molar refractivity (Wildman–Crippen MR) is 138 cm³/mol. The van der Waals surface area contributed by atoms with Crippen molar-refractivity contribution in [1.82, 2.24) is 20.9 Å². The average molecular weight is 550 g/mol. The SMILES string of the molecule is CCNC(=NCCc1nc(C(C)(C)C)cs1)NC1CCCC(C(=O)NC(C)C)C1.I. The quantitative estimate of drug-likeness (QED) is 0.270. The molecule has 1 heterocycles. The van der Waals surface area contributed by atoms with Gasteiger partial charge in [-0.15, -0.1) is 35.3 Å². The molecular weight excluding hydrogens is 509 g/mol. The van der Waals surface area contributed by atoms with E-state index < -0.39 is 0 Å². The zero-order chi connectivity index (χ0) is 21.4. The monoisotopic (exact) mass is 549 g/mol. The van der Waals surface area contributed by atoms with Gasteiger partial charge in [-0.25, -0.2) is 4.98 Å². The van der Waals surface area contributed by atoms with Gasteiger partial charge < -0.3 is 16.0 Å². The summed E-state index contributed by atoms with van der Waals surface area (Å²) >= 11 is 1.72. The van der Waals surface area contributed by atoms with Crippen LogP contribution in [-0.4, -0.2) is 42.0 Å². The van der Waals surface area contributed by atoms with Crippen LogP contribution < -0.4 is 16.0 Å². The predicted octanol–water partition coefficient (Wildman–Crippen LogP) is 4.24. The summed E-state index contributed by atoms with van der Waals surface area (Å²) in [4.78, 5) is 21.9. The Morgan fingerprint density at radius 3 is 2.67 bits per heavy atom. The molecular formula is C22H40IN5OS. The van der Waals surface area contributed by atoms with E-state index >= 15 is 0 Å². The third-order valence-electron chi connectivity index (χ3n) is 5.08. The molecule has 1 amide bonds. The minimum absolute atomic E-state index is 0. The van der Waals surface area contributed by atoms with Crippen LogP contribution in [0.25, 0.3) is 0 Å². The number of thiazole rings is 1. The van der Waals surface area contributed by atoms with Gasteiger partial charge in [0.2, 0.25) is 5.91 Å². The Morgan fingerprint density at radius 1 is 1.33 bits per heavy atom. The molecule has 1 aliphatic rings. The third kappa shape index (κ3) is 9.08. The molecule has 0 bridgehead atoms. The van der Waals surface area contributed by atoms with E-state index in [-0.39, 0.29) is 53.3 Å². The number of carbonyl (C=O) groups is 1. The molecule has 1 aromatic rings. The Hall–Kier alpha value is -0.900. The first-order valence-corrected chi connectivity index (χ1v) is 11.9. The molecule has 0 aromatic carbocycles. The molecule has 6 nitrogen and oxygen atoms in total. The fraction of sp³-hybridized carbons (Fsp3) is 0.773. The molecule has 2 atom stereocenters. The van der Waals surface area contributed by atoms with E-state index in [0.717, 1.165) is 55.3 Å². The highest BCUT2D eigenvalue weighted by Gasteiger charge is 2.28. The Kier molecular flexibility index (Phi) is 11.6. The maximum absolute atomic E-state index is 12.4. The summed E-state index contributed by atoms with van der Waals surface area (Å²) in [7, 11) is 0. The van der Waals surface area contributed by atoms with Crippen LogP contribution in [0, 0.1) is 5.92 Å². The Labute approximate surface area is 203 Å². The summed E-state index contributed by atoms with van der Waals surface area (Å²) in [6.45, 7) is 14.2. The lowest BCUT2D eigenvalue weighted by Crippen LogP contribution is -2.47. The van der Waals surface area contributed by atoms with Crippen molar-refractivity contribution in [3.63, 3.8) is 0 Å². The minimum atomic E-state index is 0. The summed E-state index contributed by atoms with van der Waals surface area (Å²) in [5.41, 5.74) is 1.24. The third-order valence-corrected chi connectivity index (χ3v) is 5.99. The number of nitrogens with one attached hydrogen (secondary N) is 3. The van der Waals surface area contributed by atoms with Crippen molar-refractivity contribution in [2.75, 3.05) is 13.1 Å². The Balaban J connectivity index is 0.00000450. The molecule has 1 fully saturated rings. The molecule has 8 heteroatoms. The number of guanidine groups is 1. The Bertz CT molecular complexity index is 683. The van der Waals surface area contributed by atoms with E-state index in [9.17, 15) is 4.79 Å². The molecule has 2 unspecified atom stereocenters. The number of aromatic nitrogens is 1. The van der Waals surface area contributed by atoms with Gasteiger partial charge in [-0.05, 0) is 40.0 Å². The minimum Gasteiger partial charge on any atom is -0.357 e. The van der Waals surface area contributed by atoms with E-state index in [1.54, 1.807) is 11.3 Å². The van der Waals surface area contributed by atoms with E-state index in [4.69, 9.17) is 9.98 Å². The van der Waals surface area contributed by atoms with Gasteiger partial charge in [0.05, 0.1) is 10.7 Å². The fourth-order valence-electron chi connectivity index (χ4n) is 3.51. The number of carbonyl (C=O) groups excluding carboxylic acids is 1. The molecule has 0 saturated heterocycles. The highest BCUT2D eigenvalue weighted by molar-refractivity contribution is 14.0. The maximum atomic E-state index is 12.4. The van der Waals surface area contributed by atoms with Crippen molar-refractivity contribution in [1.29, 1.82) is 0 Å². The zero-order valence-corrected chi connectivity index (χ0v) is 22.5. The summed E-state index contributed by atoms with van der Waals surface area (Å²) in [6.07, 6.45) is 4.84. The number of amides is 1. The molecule has 30 heavy (non-hydrogen) atoms. The van der Waals surface area contributed by atoms with Gasteiger partial charge in [-0.2, -0.15) is 0 Å². The van der Waals surface area contributed by atoms with Crippen molar-refractivity contribution in [3.8, 4) is 0 Å². The molecule has 172 valence electrons. The summed E-state index contributed by atoms with van der Waals surface area (Å²) in [5, 5.41) is 13.3. The van der Waals surface area contributed by atoms with Gasteiger partial charge in [0.25, 0.3) is 0 Å². The first-order chi connectivity index (χ1) is 13.7. The second-order valence-electron chi connectivity index (χ2n) is 9.26. The molecule has 1 saturated carbocycles. The number of aliphatic imine (C=N–C) groups is 1. The molecule has 0 radical (unpaired) electrons. The van der Waals surface area contributed by atoms with Crippen LogP contribution >= 0.6 is 35.3 Å². The number of nitrogens with zero attached hydrogens (tertiary/aromatic N) is 2.